The van der Waals surface area contributed by atoms with Crippen LogP contribution in [0.4, 0.5) is 0 Å². The third-order valence-corrected chi connectivity index (χ3v) is 11.8. The minimum absolute atomic E-state index is 0.426. The van der Waals surface area contributed by atoms with Crippen molar-refractivity contribution in [1.82, 2.24) is 9.88 Å². The predicted molar refractivity (Wildman–Crippen MR) is 231 cm³/mol. The monoisotopic (exact) mass is 718 g/mol. The van der Waals surface area contributed by atoms with E-state index in [-0.39, 0.29) is 0 Å². The van der Waals surface area contributed by atoms with Gasteiger partial charge in [-0.3, -0.25) is 4.57 Å². The van der Waals surface area contributed by atoms with Gasteiger partial charge in [0.15, 0.2) is 6.17 Å². The molecule has 1 N–H and O–H groups in total. The summed E-state index contributed by atoms with van der Waals surface area (Å²) in [6.07, 6.45) is 8.32. The van der Waals surface area contributed by atoms with Gasteiger partial charge in [0.25, 0.3) is 0 Å². The molecule has 4 heteroatoms. The lowest BCUT2D eigenvalue weighted by molar-refractivity contribution is 0.742. The van der Waals surface area contributed by atoms with Gasteiger partial charge in [0, 0.05) is 21.9 Å². The van der Waals surface area contributed by atoms with Crippen LogP contribution in [0, 0.1) is 0 Å². The highest BCUT2D eigenvalue weighted by molar-refractivity contribution is 6.21. The summed E-state index contributed by atoms with van der Waals surface area (Å²) >= 11 is 0. The largest absolute Gasteiger partial charge is 0.310 e. The van der Waals surface area contributed by atoms with Gasteiger partial charge >= 0.3 is 0 Å². The summed E-state index contributed by atoms with van der Waals surface area (Å²) in [4.78, 5) is 10.8. The highest BCUT2D eigenvalue weighted by Crippen LogP contribution is 2.58. The van der Waals surface area contributed by atoms with Crippen LogP contribution in [-0.2, 0) is 5.41 Å². The number of amidine groups is 1. The van der Waals surface area contributed by atoms with E-state index in [1.165, 1.54) is 49.7 Å². The molecule has 0 bridgehead atoms. The van der Waals surface area contributed by atoms with Crippen LogP contribution in [0.3, 0.4) is 0 Å². The average molecular weight is 719 g/mol. The molecule has 0 saturated carbocycles. The van der Waals surface area contributed by atoms with Gasteiger partial charge in [-0.05, 0) is 63.4 Å². The van der Waals surface area contributed by atoms with Crippen molar-refractivity contribution in [2.24, 2.45) is 9.98 Å². The first-order chi connectivity index (χ1) is 27.8. The molecule has 0 saturated heterocycles. The Labute approximate surface area is 326 Å². The van der Waals surface area contributed by atoms with E-state index in [4.69, 9.17) is 9.98 Å². The second-order valence-electron chi connectivity index (χ2n) is 14.8. The van der Waals surface area contributed by atoms with Gasteiger partial charge in [-0.1, -0.05) is 188 Å². The minimum Gasteiger partial charge on any atom is -0.310 e. The van der Waals surface area contributed by atoms with Gasteiger partial charge in [-0.25, -0.2) is 9.98 Å². The molecule has 0 radical (unpaired) electrons. The van der Waals surface area contributed by atoms with Crippen LogP contribution in [0.1, 0.15) is 46.8 Å². The summed E-state index contributed by atoms with van der Waals surface area (Å²) in [5, 5.41) is 6.19. The first-order valence-corrected chi connectivity index (χ1v) is 19.5. The number of hydrogen-bond donors (Lipinski definition) is 1. The zero-order valence-electron chi connectivity index (χ0n) is 30.8. The lowest BCUT2D eigenvalue weighted by Gasteiger charge is -2.35. The van der Waals surface area contributed by atoms with Crippen LogP contribution in [-0.4, -0.2) is 16.4 Å². The number of allylic oxidation sites excluding steroid dienone is 2. The number of nitrogens with zero attached hydrogens (tertiary/aromatic N) is 3. The molecule has 4 nitrogen and oxygen atoms in total. The fourth-order valence-corrected chi connectivity index (χ4v) is 9.32. The molecule has 3 aliphatic rings. The van der Waals surface area contributed by atoms with Crippen molar-refractivity contribution in [1.29, 1.82) is 0 Å². The van der Waals surface area contributed by atoms with Gasteiger partial charge in [0.1, 0.15) is 5.84 Å². The lowest BCUT2D eigenvalue weighted by atomic mass is 9.67. The number of aliphatic imine (C=N–C) groups is 2. The van der Waals surface area contributed by atoms with Crippen LogP contribution >= 0.6 is 0 Å². The third kappa shape index (κ3) is 4.92. The Morgan fingerprint density at radius 3 is 1.95 bits per heavy atom. The highest BCUT2D eigenvalue weighted by Gasteiger charge is 2.48. The molecule has 1 atom stereocenters. The van der Waals surface area contributed by atoms with E-state index in [0.29, 0.717) is 0 Å². The molecule has 1 unspecified atom stereocenters. The van der Waals surface area contributed by atoms with Crippen LogP contribution < -0.4 is 5.32 Å². The molecule has 1 aliphatic heterocycles. The van der Waals surface area contributed by atoms with Gasteiger partial charge in [0.2, 0.25) is 5.96 Å². The number of hydrogen-bond acceptors (Lipinski definition) is 3. The van der Waals surface area contributed by atoms with Crippen molar-refractivity contribution in [2.45, 2.75) is 24.4 Å². The Kier molecular flexibility index (Phi) is 7.56. The maximum absolute atomic E-state index is 5.54. The summed E-state index contributed by atoms with van der Waals surface area (Å²) in [6, 6.07) is 63.8. The molecular weight excluding hydrogens is 681 g/mol. The summed E-state index contributed by atoms with van der Waals surface area (Å²) in [5.74, 6) is 1.59. The van der Waals surface area contributed by atoms with Crippen LogP contribution in [0.5, 0.6) is 0 Å². The summed E-state index contributed by atoms with van der Waals surface area (Å²) in [6.45, 7) is 0. The molecule has 266 valence electrons. The third-order valence-electron chi connectivity index (χ3n) is 11.8. The maximum atomic E-state index is 5.54. The van der Waals surface area contributed by atoms with E-state index in [9.17, 15) is 0 Å². The Morgan fingerprint density at radius 2 is 1.23 bits per heavy atom. The zero-order chi connectivity index (χ0) is 37.1. The normalized spacial score (nSPS) is 16.8. The molecule has 8 aromatic rings. The van der Waals surface area contributed by atoms with Crippen molar-refractivity contribution in [3.05, 3.63) is 228 Å². The van der Waals surface area contributed by atoms with Crippen molar-refractivity contribution in [3.63, 3.8) is 0 Å². The standard InChI is InChI=1S/C52H38N4/c1-6-18-35(19-7-1)38-30-31-42-44-33-32-43-41-28-16-17-29-45(41)52(39-24-12-4-13-25-39,40-26-14-5-15-27-40)47(43)48(44)56(46(42)34-38)51-54-49(36-20-8-2-9-21-36)53-50(55-51)37-22-10-3-11-23-37/h1-2,4-10,12-34,49H,3,11H2,(H,53,54,55). The van der Waals surface area contributed by atoms with Crippen LogP contribution in [0.25, 0.3) is 44.1 Å². The van der Waals surface area contributed by atoms with Crippen molar-refractivity contribution in [3.8, 4) is 22.3 Å². The van der Waals surface area contributed by atoms with Crippen molar-refractivity contribution >= 4 is 33.6 Å². The number of nitrogens with one attached hydrogen (secondary N) is 1. The van der Waals surface area contributed by atoms with Gasteiger partial charge < -0.3 is 5.32 Å². The van der Waals surface area contributed by atoms with E-state index in [1.807, 2.05) is 0 Å². The zero-order valence-corrected chi connectivity index (χ0v) is 30.8. The fraction of sp³-hybridized carbons (Fsp3) is 0.0769. The van der Waals surface area contributed by atoms with E-state index in [0.717, 1.165) is 52.4 Å². The summed E-state index contributed by atoms with van der Waals surface area (Å²) < 4.78 is 2.42. The van der Waals surface area contributed by atoms with Crippen molar-refractivity contribution < 1.29 is 0 Å². The Balaban J connectivity index is 1.29. The molecule has 7 aromatic carbocycles. The molecule has 0 spiro atoms. The number of benzene rings is 7. The van der Waals surface area contributed by atoms with Crippen LogP contribution in [0.2, 0.25) is 0 Å². The van der Waals surface area contributed by atoms with Gasteiger partial charge in [-0.2, -0.15) is 0 Å². The first kappa shape index (κ1) is 32.4. The smallest absolute Gasteiger partial charge is 0.211 e. The van der Waals surface area contributed by atoms with E-state index in [1.54, 1.807) is 0 Å². The quantitative estimate of drug-likeness (QED) is 0.189. The maximum Gasteiger partial charge on any atom is 0.211 e. The van der Waals surface area contributed by atoms with Gasteiger partial charge in [0.05, 0.1) is 16.4 Å². The minimum atomic E-state index is -0.609. The number of rotatable bonds is 5. The first-order valence-electron chi connectivity index (χ1n) is 19.5. The Bertz CT molecular complexity index is 2880. The molecule has 2 aliphatic carbocycles. The van der Waals surface area contributed by atoms with Crippen molar-refractivity contribution in [2.75, 3.05) is 0 Å². The molecular formula is C52H38N4. The molecule has 2 heterocycles. The highest BCUT2D eigenvalue weighted by atomic mass is 15.3. The average Bonchev–Trinajstić information content (AvgIpc) is 3.78. The second kappa shape index (κ2) is 13.1. The summed E-state index contributed by atoms with van der Waals surface area (Å²) in [5.41, 5.74) is 13.6. The lowest BCUT2D eigenvalue weighted by Crippen LogP contribution is -2.40. The van der Waals surface area contributed by atoms with Crippen LogP contribution in [0.15, 0.2) is 210 Å². The van der Waals surface area contributed by atoms with E-state index < -0.39 is 11.6 Å². The van der Waals surface area contributed by atoms with E-state index in [2.05, 4.69) is 204 Å². The predicted octanol–water partition coefficient (Wildman–Crippen LogP) is 12.0. The molecule has 0 fully saturated rings. The SMILES string of the molecule is C1=CC(C2=NC(c3ccccc3)N=C(n3c4cc(-c5ccccc5)ccc4c4ccc5c(c43)C(c3ccccc3)(c3ccccc3)c3ccccc3-5)N2)=CCC1. The second-order valence-corrected chi connectivity index (χ2v) is 14.8. The Hall–Kier alpha value is -7.04. The molecule has 0 amide bonds. The van der Waals surface area contributed by atoms with E-state index >= 15 is 0 Å². The fourth-order valence-electron chi connectivity index (χ4n) is 9.32. The molecule has 56 heavy (non-hydrogen) atoms. The number of fused-ring (bicyclic) bond motifs is 7. The number of aromatic nitrogens is 1. The molecule has 1 aromatic heterocycles. The van der Waals surface area contributed by atoms with Gasteiger partial charge in [-0.15, -0.1) is 0 Å². The topological polar surface area (TPSA) is 41.7 Å². The summed E-state index contributed by atoms with van der Waals surface area (Å²) in [7, 11) is 0. The molecule has 11 rings (SSSR count). The Morgan fingerprint density at radius 1 is 0.571 bits per heavy atom.